The van der Waals surface area contributed by atoms with Crippen molar-refractivity contribution in [2.75, 3.05) is 13.2 Å². The van der Waals surface area contributed by atoms with Crippen molar-refractivity contribution in [3.8, 4) is 5.75 Å². The molecule has 0 spiro atoms. The Bertz CT molecular complexity index is 491. The van der Waals surface area contributed by atoms with E-state index in [1.54, 1.807) is 0 Å². The summed E-state index contributed by atoms with van der Waals surface area (Å²) in [5, 5.41) is 3.00. The molecule has 0 aromatic heterocycles. The number of hydrogen-bond donors (Lipinski definition) is 2. The van der Waals surface area contributed by atoms with Crippen LogP contribution in [-0.4, -0.2) is 24.6 Å². The van der Waals surface area contributed by atoms with Crippen molar-refractivity contribution in [1.29, 1.82) is 0 Å². The van der Waals surface area contributed by atoms with Crippen LogP contribution < -0.4 is 15.8 Å². The van der Waals surface area contributed by atoms with Crippen LogP contribution in [0.3, 0.4) is 0 Å². The van der Waals surface area contributed by atoms with E-state index in [0.29, 0.717) is 19.6 Å². The third-order valence-corrected chi connectivity index (χ3v) is 4.42. The smallest absolute Gasteiger partial charge is 0.223 e. The molecule has 0 saturated heterocycles. The Balaban J connectivity index is 2.47. The van der Waals surface area contributed by atoms with Crippen LogP contribution >= 0.6 is 15.9 Å². The number of carbonyl (C=O) groups is 1. The van der Waals surface area contributed by atoms with Gasteiger partial charge in [-0.25, -0.2) is 0 Å². The lowest BCUT2D eigenvalue weighted by molar-refractivity contribution is -0.123. The maximum absolute atomic E-state index is 12.0. The SMILES string of the molecule is Cc1ccc(OCCC(=O)NC(C)(CN)C(C)C)c(Br)c1. The van der Waals surface area contributed by atoms with E-state index in [9.17, 15) is 4.79 Å². The summed E-state index contributed by atoms with van der Waals surface area (Å²) >= 11 is 3.45. The lowest BCUT2D eigenvalue weighted by Crippen LogP contribution is -2.55. The van der Waals surface area contributed by atoms with Crippen molar-refractivity contribution in [3.05, 3.63) is 28.2 Å². The standard InChI is InChI=1S/C16H25BrN2O2/c1-11(2)16(4,10-18)19-15(20)7-8-21-14-6-5-12(3)9-13(14)17/h5-6,9,11H,7-8,10,18H2,1-4H3,(H,19,20). The van der Waals surface area contributed by atoms with E-state index in [2.05, 4.69) is 21.2 Å². The van der Waals surface area contributed by atoms with Crippen molar-refractivity contribution < 1.29 is 9.53 Å². The van der Waals surface area contributed by atoms with Crippen LogP contribution in [0.25, 0.3) is 0 Å². The molecule has 0 fully saturated rings. The molecule has 0 aliphatic carbocycles. The van der Waals surface area contributed by atoms with Gasteiger partial charge in [-0.2, -0.15) is 0 Å². The summed E-state index contributed by atoms with van der Waals surface area (Å²) in [5.74, 6) is 0.984. The molecule has 1 atom stereocenters. The number of nitrogens with two attached hydrogens (primary N) is 1. The maximum Gasteiger partial charge on any atom is 0.223 e. The van der Waals surface area contributed by atoms with Crippen molar-refractivity contribution in [1.82, 2.24) is 5.32 Å². The number of aryl methyl sites for hydroxylation is 1. The lowest BCUT2D eigenvalue weighted by atomic mass is 9.88. The van der Waals surface area contributed by atoms with Gasteiger partial charge in [-0.05, 0) is 53.4 Å². The molecule has 5 heteroatoms. The first-order valence-corrected chi connectivity index (χ1v) is 7.98. The molecule has 21 heavy (non-hydrogen) atoms. The number of ether oxygens (including phenoxy) is 1. The number of carbonyl (C=O) groups excluding carboxylic acids is 1. The van der Waals surface area contributed by atoms with Gasteiger partial charge in [0.2, 0.25) is 5.91 Å². The molecular weight excluding hydrogens is 332 g/mol. The first-order chi connectivity index (χ1) is 9.78. The molecule has 1 amide bonds. The van der Waals surface area contributed by atoms with Gasteiger partial charge in [0.1, 0.15) is 5.75 Å². The van der Waals surface area contributed by atoms with E-state index in [-0.39, 0.29) is 17.4 Å². The molecule has 0 saturated carbocycles. The summed E-state index contributed by atoms with van der Waals surface area (Å²) in [6.45, 7) is 8.83. The van der Waals surface area contributed by atoms with E-state index < -0.39 is 0 Å². The lowest BCUT2D eigenvalue weighted by Gasteiger charge is -2.33. The molecule has 118 valence electrons. The van der Waals surface area contributed by atoms with Crippen molar-refractivity contribution in [3.63, 3.8) is 0 Å². The fraction of sp³-hybridized carbons (Fsp3) is 0.562. The highest BCUT2D eigenvalue weighted by molar-refractivity contribution is 9.10. The predicted octanol–water partition coefficient (Wildman–Crippen LogP) is 3.02. The molecule has 0 radical (unpaired) electrons. The number of rotatable bonds is 7. The monoisotopic (exact) mass is 356 g/mol. The van der Waals surface area contributed by atoms with E-state index in [1.165, 1.54) is 0 Å². The zero-order valence-corrected chi connectivity index (χ0v) is 14.8. The number of benzene rings is 1. The van der Waals surface area contributed by atoms with E-state index in [1.807, 2.05) is 45.9 Å². The zero-order valence-electron chi connectivity index (χ0n) is 13.2. The first-order valence-electron chi connectivity index (χ1n) is 7.18. The molecule has 0 bridgehead atoms. The number of nitrogens with one attached hydrogen (secondary N) is 1. The normalized spacial score (nSPS) is 13.9. The van der Waals surface area contributed by atoms with Gasteiger partial charge in [0.05, 0.1) is 23.0 Å². The highest BCUT2D eigenvalue weighted by atomic mass is 79.9. The second-order valence-electron chi connectivity index (χ2n) is 5.86. The quantitative estimate of drug-likeness (QED) is 0.789. The molecule has 4 nitrogen and oxygen atoms in total. The third kappa shape index (κ3) is 5.32. The Morgan fingerprint density at radius 3 is 2.67 bits per heavy atom. The van der Waals surface area contributed by atoms with Gasteiger partial charge in [-0.1, -0.05) is 19.9 Å². The molecular formula is C16H25BrN2O2. The molecule has 0 heterocycles. The third-order valence-electron chi connectivity index (χ3n) is 3.80. The second-order valence-corrected chi connectivity index (χ2v) is 6.71. The zero-order chi connectivity index (χ0) is 16.0. The number of hydrogen-bond acceptors (Lipinski definition) is 3. The van der Waals surface area contributed by atoms with Crippen molar-refractivity contribution in [2.24, 2.45) is 11.7 Å². The average molecular weight is 357 g/mol. The number of halogens is 1. The second kappa shape index (κ2) is 7.80. The van der Waals surface area contributed by atoms with Crippen molar-refractivity contribution >= 4 is 21.8 Å². The molecule has 1 rings (SSSR count). The van der Waals surface area contributed by atoms with Crippen LogP contribution in [0.2, 0.25) is 0 Å². The molecule has 0 aliphatic heterocycles. The summed E-state index contributed by atoms with van der Waals surface area (Å²) in [4.78, 5) is 12.0. The van der Waals surface area contributed by atoms with E-state index >= 15 is 0 Å². The van der Waals surface area contributed by atoms with Crippen LogP contribution in [0.5, 0.6) is 5.75 Å². The van der Waals surface area contributed by atoms with Crippen LogP contribution in [0.15, 0.2) is 22.7 Å². The van der Waals surface area contributed by atoms with Crippen molar-refractivity contribution in [2.45, 2.75) is 39.7 Å². The van der Waals surface area contributed by atoms with E-state index in [4.69, 9.17) is 10.5 Å². The molecule has 1 aromatic carbocycles. The molecule has 1 aromatic rings. The Labute approximate surface area is 135 Å². The topological polar surface area (TPSA) is 64.3 Å². The fourth-order valence-electron chi connectivity index (χ4n) is 1.79. The van der Waals surface area contributed by atoms with Gasteiger partial charge < -0.3 is 15.8 Å². The first kappa shape index (κ1) is 18.0. The average Bonchev–Trinajstić information content (AvgIpc) is 2.40. The van der Waals surface area contributed by atoms with Crippen LogP contribution in [-0.2, 0) is 4.79 Å². The van der Waals surface area contributed by atoms with E-state index in [0.717, 1.165) is 15.8 Å². The van der Waals surface area contributed by atoms with Crippen LogP contribution in [0, 0.1) is 12.8 Å². The molecule has 1 unspecified atom stereocenters. The van der Waals surface area contributed by atoms with Gasteiger partial charge in [0.25, 0.3) is 0 Å². The Kier molecular flexibility index (Phi) is 6.68. The highest BCUT2D eigenvalue weighted by Gasteiger charge is 2.28. The van der Waals surface area contributed by atoms with Gasteiger partial charge in [-0.15, -0.1) is 0 Å². The van der Waals surface area contributed by atoms with Crippen LogP contribution in [0.4, 0.5) is 0 Å². The summed E-state index contributed by atoms with van der Waals surface area (Å²) in [6, 6.07) is 5.86. The minimum atomic E-state index is -0.373. The fourth-order valence-corrected chi connectivity index (χ4v) is 2.40. The summed E-state index contributed by atoms with van der Waals surface area (Å²) in [6.07, 6.45) is 0.308. The van der Waals surface area contributed by atoms with Gasteiger partial charge in [-0.3, -0.25) is 4.79 Å². The Morgan fingerprint density at radius 1 is 1.48 bits per heavy atom. The Morgan fingerprint density at radius 2 is 2.14 bits per heavy atom. The Hall–Kier alpha value is -1.07. The minimum absolute atomic E-state index is 0.0418. The number of amides is 1. The largest absolute Gasteiger partial charge is 0.492 e. The van der Waals surface area contributed by atoms with Gasteiger partial charge in [0.15, 0.2) is 0 Å². The summed E-state index contributed by atoms with van der Waals surface area (Å²) in [7, 11) is 0. The maximum atomic E-state index is 12.0. The van der Waals surface area contributed by atoms with Gasteiger partial charge in [0, 0.05) is 6.54 Å². The van der Waals surface area contributed by atoms with Gasteiger partial charge >= 0.3 is 0 Å². The summed E-state index contributed by atoms with van der Waals surface area (Å²) in [5.41, 5.74) is 6.54. The molecule has 0 aliphatic rings. The summed E-state index contributed by atoms with van der Waals surface area (Å²) < 4.78 is 6.53. The highest BCUT2D eigenvalue weighted by Crippen LogP contribution is 2.25. The predicted molar refractivity (Wildman–Crippen MR) is 89.4 cm³/mol. The molecule has 3 N–H and O–H groups in total. The minimum Gasteiger partial charge on any atom is -0.492 e. The van der Waals surface area contributed by atoms with Crippen LogP contribution in [0.1, 0.15) is 32.8 Å².